The highest BCUT2D eigenvalue weighted by molar-refractivity contribution is 6.05. The number of hydrogen-bond acceptors (Lipinski definition) is 3. The average molecular weight is 504 g/mol. The molecule has 0 amide bonds. The number of benzene rings is 2. The van der Waals surface area contributed by atoms with Crippen LogP contribution in [0.15, 0.2) is 67.0 Å². The number of fused-ring (bicyclic) bond motifs is 1. The van der Waals surface area contributed by atoms with Crippen molar-refractivity contribution in [3.05, 3.63) is 100 Å². The molecule has 4 rings (SSSR count). The van der Waals surface area contributed by atoms with Crippen LogP contribution in [0.1, 0.15) is 56.3 Å². The van der Waals surface area contributed by atoms with Crippen molar-refractivity contribution >= 4 is 11.6 Å². The number of ketones is 2. The van der Waals surface area contributed by atoms with Crippen LogP contribution in [0.3, 0.4) is 0 Å². The van der Waals surface area contributed by atoms with Crippen molar-refractivity contribution in [1.29, 1.82) is 0 Å². The minimum Gasteiger partial charge on any atom is -1.00 e. The van der Waals surface area contributed by atoms with Crippen LogP contribution in [-0.2, 0) is 30.3 Å². The third-order valence-electron chi connectivity index (χ3n) is 6.50. The maximum atomic E-state index is 13.4. The Bertz CT molecular complexity index is 1260. The maximum absolute atomic E-state index is 13.4. The summed E-state index contributed by atoms with van der Waals surface area (Å²) >= 11 is 0. The van der Waals surface area contributed by atoms with Crippen LogP contribution in [0.25, 0.3) is 0 Å². The number of ether oxygens (including phenoxy) is 1. The van der Waals surface area contributed by atoms with E-state index in [4.69, 9.17) is 4.74 Å². The summed E-state index contributed by atoms with van der Waals surface area (Å²) in [5, 5.41) is 0. The zero-order valence-electron chi connectivity index (χ0n) is 19.4. The molecular formula is C27H25ClF3NO3. The van der Waals surface area contributed by atoms with E-state index in [9.17, 15) is 22.8 Å². The van der Waals surface area contributed by atoms with Gasteiger partial charge in [0.15, 0.2) is 30.5 Å². The zero-order chi connectivity index (χ0) is 24.5. The Balaban J connectivity index is 0.00000342. The normalized spacial score (nSPS) is 17.5. The minimum absolute atomic E-state index is 0. The molecule has 1 aliphatic rings. The molecule has 1 aromatic heterocycles. The molecule has 4 nitrogen and oxygen atoms in total. The average Bonchev–Trinajstić information content (AvgIpc) is 2.81. The van der Waals surface area contributed by atoms with Gasteiger partial charge in [0.1, 0.15) is 5.60 Å². The van der Waals surface area contributed by atoms with E-state index in [-0.39, 0.29) is 42.5 Å². The Kier molecular flexibility index (Phi) is 7.82. The molecule has 0 bridgehead atoms. The molecule has 1 aliphatic carbocycles. The van der Waals surface area contributed by atoms with Crippen LogP contribution >= 0.6 is 0 Å². The van der Waals surface area contributed by atoms with Gasteiger partial charge in [0.2, 0.25) is 0 Å². The van der Waals surface area contributed by atoms with Crippen molar-refractivity contribution in [3.63, 3.8) is 0 Å². The number of pyridine rings is 1. The molecule has 35 heavy (non-hydrogen) atoms. The van der Waals surface area contributed by atoms with Gasteiger partial charge in [-0.05, 0) is 37.0 Å². The van der Waals surface area contributed by atoms with Crippen molar-refractivity contribution in [1.82, 2.24) is 0 Å². The summed E-state index contributed by atoms with van der Waals surface area (Å²) in [7, 11) is 1.50. The van der Waals surface area contributed by atoms with Gasteiger partial charge in [-0.1, -0.05) is 42.5 Å². The standard InChI is InChI=1S/C27H25F3NO3.ClH/c1-18(32)23-17-31(16-21-8-4-6-10-24(21)27(28,29)30)14-12-20(23)15-26(34-2)13-11-19-7-3-5-9-22(19)25(26)33;/h3-10,12,14,17H,11,13,15-16H2,1-2H3;1H/q+1;/p-1. The third kappa shape index (κ3) is 5.31. The highest BCUT2D eigenvalue weighted by Crippen LogP contribution is 2.35. The second-order valence-corrected chi connectivity index (χ2v) is 8.63. The molecule has 0 aliphatic heterocycles. The first kappa shape index (κ1) is 26.6. The van der Waals surface area contributed by atoms with Crippen LogP contribution in [0.5, 0.6) is 0 Å². The number of nitrogens with zero attached hydrogens (tertiary/aromatic N) is 1. The van der Waals surface area contributed by atoms with Gasteiger partial charge >= 0.3 is 6.18 Å². The molecule has 0 saturated heterocycles. The highest BCUT2D eigenvalue weighted by Gasteiger charge is 2.43. The largest absolute Gasteiger partial charge is 1.00 e. The molecular weight excluding hydrogens is 479 g/mol. The molecule has 0 saturated carbocycles. The molecule has 1 unspecified atom stereocenters. The molecule has 0 fully saturated rings. The summed E-state index contributed by atoms with van der Waals surface area (Å²) in [6.45, 7) is 1.36. The number of aryl methyl sites for hydroxylation is 1. The van der Waals surface area contributed by atoms with Crippen LogP contribution in [-0.4, -0.2) is 24.3 Å². The Labute approximate surface area is 208 Å². The van der Waals surface area contributed by atoms with Gasteiger partial charge in [0.25, 0.3) is 0 Å². The van der Waals surface area contributed by atoms with Crippen LogP contribution in [0.4, 0.5) is 13.2 Å². The first-order valence-corrected chi connectivity index (χ1v) is 11.0. The molecule has 184 valence electrons. The monoisotopic (exact) mass is 503 g/mol. The number of aromatic nitrogens is 1. The van der Waals surface area contributed by atoms with Gasteiger partial charge in [-0.15, -0.1) is 0 Å². The molecule has 0 radical (unpaired) electrons. The Morgan fingerprint density at radius 1 is 1.06 bits per heavy atom. The number of rotatable bonds is 6. The van der Waals surface area contributed by atoms with Crippen molar-refractivity contribution in [2.45, 2.75) is 44.5 Å². The number of alkyl halides is 3. The Hall–Kier alpha value is -3.03. The predicted molar refractivity (Wildman–Crippen MR) is 120 cm³/mol. The number of hydrogen-bond donors (Lipinski definition) is 0. The lowest BCUT2D eigenvalue weighted by molar-refractivity contribution is -0.688. The van der Waals surface area contributed by atoms with Crippen LogP contribution in [0.2, 0.25) is 0 Å². The number of halogens is 4. The van der Waals surface area contributed by atoms with Gasteiger partial charge in [-0.25, -0.2) is 4.57 Å². The quantitative estimate of drug-likeness (QED) is 0.382. The lowest BCUT2D eigenvalue weighted by Gasteiger charge is -2.35. The SMILES string of the molecule is COC1(Cc2cc[n+](Cc3ccccc3C(F)(F)F)cc2C(C)=O)CCc2ccccc2C1=O.[Cl-]. The van der Waals surface area contributed by atoms with Gasteiger partial charge < -0.3 is 17.1 Å². The van der Waals surface area contributed by atoms with E-state index in [2.05, 4.69) is 0 Å². The number of carbonyl (C=O) groups is 2. The van der Waals surface area contributed by atoms with Crippen molar-refractivity contribution in [2.24, 2.45) is 0 Å². The van der Waals surface area contributed by atoms with Gasteiger partial charge in [-0.3, -0.25) is 9.59 Å². The lowest BCUT2D eigenvalue weighted by atomic mass is 9.75. The van der Waals surface area contributed by atoms with E-state index in [1.807, 2.05) is 18.2 Å². The highest BCUT2D eigenvalue weighted by atomic mass is 35.5. The maximum Gasteiger partial charge on any atom is 0.416 e. The van der Waals surface area contributed by atoms with E-state index in [1.165, 1.54) is 26.2 Å². The number of carbonyl (C=O) groups excluding carboxylic acids is 2. The molecule has 0 N–H and O–H groups in total. The van der Waals surface area contributed by atoms with Gasteiger partial charge in [0, 0.05) is 30.7 Å². The summed E-state index contributed by atoms with van der Waals surface area (Å²) in [5.74, 6) is -0.356. The summed E-state index contributed by atoms with van der Waals surface area (Å²) in [6, 6.07) is 14.5. The zero-order valence-corrected chi connectivity index (χ0v) is 20.1. The van der Waals surface area contributed by atoms with Gasteiger partial charge in [-0.2, -0.15) is 13.2 Å². The first-order chi connectivity index (χ1) is 16.1. The summed E-state index contributed by atoms with van der Waals surface area (Å²) in [5.41, 5.74) is 0.872. The van der Waals surface area contributed by atoms with Crippen LogP contribution in [0, 0.1) is 0 Å². The van der Waals surface area contributed by atoms with Crippen molar-refractivity contribution in [3.8, 4) is 0 Å². The van der Waals surface area contributed by atoms with E-state index >= 15 is 0 Å². The third-order valence-corrected chi connectivity index (χ3v) is 6.50. The molecule has 1 atom stereocenters. The van der Waals surface area contributed by atoms with E-state index < -0.39 is 17.3 Å². The Morgan fingerprint density at radius 2 is 1.74 bits per heavy atom. The molecule has 2 aromatic carbocycles. The molecule has 3 aromatic rings. The number of methoxy groups -OCH3 is 1. The lowest BCUT2D eigenvalue weighted by Crippen LogP contribution is -3.00. The van der Waals surface area contributed by atoms with Crippen LogP contribution < -0.4 is 17.0 Å². The first-order valence-electron chi connectivity index (χ1n) is 11.0. The van der Waals surface area contributed by atoms with E-state index in [0.717, 1.165) is 11.6 Å². The summed E-state index contributed by atoms with van der Waals surface area (Å²) < 4.78 is 47.5. The fraction of sp³-hybridized carbons (Fsp3) is 0.296. The Morgan fingerprint density at radius 3 is 2.43 bits per heavy atom. The second-order valence-electron chi connectivity index (χ2n) is 8.63. The fourth-order valence-electron chi connectivity index (χ4n) is 4.67. The predicted octanol–water partition coefficient (Wildman–Crippen LogP) is 2.00. The fourth-order valence-corrected chi connectivity index (χ4v) is 4.67. The number of Topliss-reactive ketones (excluding diaryl/α,β-unsaturated/α-hetero) is 2. The summed E-state index contributed by atoms with van der Waals surface area (Å²) in [6.07, 6.45) is 0.0697. The molecule has 1 heterocycles. The minimum atomic E-state index is -4.47. The van der Waals surface area contributed by atoms with E-state index in [1.54, 1.807) is 35.2 Å². The topological polar surface area (TPSA) is 47.2 Å². The molecule has 0 spiro atoms. The second kappa shape index (κ2) is 10.3. The summed E-state index contributed by atoms with van der Waals surface area (Å²) in [4.78, 5) is 25.9. The smallest absolute Gasteiger partial charge is 0.416 e. The van der Waals surface area contributed by atoms with Crippen molar-refractivity contribution < 1.29 is 44.5 Å². The van der Waals surface area contributed by atoms with Gasteiger partial charge in [0.05, 0.1) is 11.1 Å². The van der Waals surface area contributed by atoms with E-state index in [0.29, 0.717) is 29.5 Å². The molecule has 8 heteroatoms. The van der Waals surface area contributed by atoms with Crippen molar-refractivity contribution in [2.75, 3.05) is 7.11 Å².